The second-order valence-electron chi connectivity index (χ2n) is 7.23. The molecule has 0 N–H and O–H groups in total. The number of anilines is 1. The summed E-state index contributed by atoms with van der Waals surface area (Å²) < 4.78 is 28.3. The summed E-state index contributed by atoms with van der Waals surface area (Å²) in [6.45, 7) is 1.94. The first-order valence-corrected chi connectivity index (χ1v) is 11.0. The third-order valence-corrected chi connectivity index (χ3v) is 7.25. The summed E-state index contributed by atoms with van der Waals surface area (Å²) in [6.07, 6.45) is 4.70. The topological polar surface area (TPSA) is 79.7 Å². The Balaban J connectivity index is 1.57. The number of carbonyl (C=O) groups excluding carboxylic acids is 1. The van der Waals surface area contributed by atoms with E-state index in [-0.39, 0.29) is 17.3 Å². The Labute approximate surface area is 164 Å². The molecule has 2 aliphatic rings. The Morgan fingerprint density at radius 3 is 2.25 bits per heavy atom. The number of nitrogens with zero attached hydrogens (tertiary/aromatic N) is 3. The standard InChI is InChI=1S/C20H23N3O4S/c24-19-6-4-14-23(19)17-9-7-16(8-10-17)15-21-11-3-5-18(20(21)25)28(26,27)22-12-1-2-13-22/h3,5,7-11H,1-2,4,6,12-15H2. The van der Waals surface area contributed by atoms with Gasteiger partial charge in [0.15, 0.2) is 0 Å². The summed E-state index contributed by atoms with van der Waals surface area (Å²) in [5.74, 6) is 0.129. The number of benzene rings is 1. The van der Waals surface area contributed by atoms with E-state index in [0.29, 0.717) is 19.5 Å². The van der Waals surface area contributed by atoms with E-state index >= 15 is 0 Å². The van der Waals surface area contributed by atoms with Crippen molar-refractivity contribution in [3.05, 3.63) is 58.5 Å². The molecule has 0 spiro atoms. The molecular weight excluding hydrogens is 378 g/mol. The van der Waals surface area contributed by atoms with E-state index in [1.54, 1.807) is 17.2 Å². The molecule has 2 aliphatic heterocycles. The van der Waals surface area contributed by atoms with Crippen LogP contribution in [0.25, 0.3) is 0 Å². The van der Waals surface area contributed by atoms with E-state index in [9.17, 15) is 18.0 Å². The Morgan fingerprint density at radius 1 is 0.893 bits per heavy atom. The number of hydrogen-bond acceptors (Lipinski definition) is 4. The van der Waals surface area contributed by atoms with Crippen LogP contribution >= 0.6 is 0 Å². The molecule has 1 aromatic carbocycles. The van der Waals surface area contributed by atoms with E-state index in [0.717, 1.165) is 37.1 Å². The Bertz CT molecular complexity index is 1040. The Kier molecular flexibility index (Phi) is 5.07. The van der Waals surface area contributed by atoms with Gasteiger partial charge in [-0.3, -0.25) is 9.59 Å². The van der Waals surface area contributed by atoms with Gasteiger partial charge in [-0.1, -0.05) is 12.1 Å². The number of sulfonamides is 1. The molecule has 2 fully saturated rings. The minimum absolute atomic E-state index is 0.129. The summed E-state index contributed by atoms with van der Waals surface area (Å²) in [5.41, 5.74) is 1.21. The molecule has 3 heterocycles. The van der Waals surface area contributed by atoms with Gasteiger partial charge in [-0.2, -0.15) is 4.31 Å². The maximum Gasteiger partial charge on any atom is 0.271 e. The molecule has 2 aromatic rings. The molecule has 1 aromatic heterocycles. The van der Waals surface area contributed by atoms with Crippen molar-refractivity contribution in [2.45, 2.75) is 37.1 Å². The van der Waals surface area contributed by atoms with Crippen molar-refractivity contribution in [3.63, 3.8) is 0 Å². The molecule has 0 saturated carbocycles. The average Bonchev–Trinajstić information content (AvgIpc) is 3.36. The third kappa shape index (κ3) is 3.49. The highest BCUT2D eigenvalue weighted by atomic mass is 32.2. The number of aromatic nitrogens is 1. The molecule has 0 radical (unpaired) electrons. The molecule has 148 valence electrons. The summed E-state index contributed by atoms with van der Waals surface area (Å²) in [6, 6.07) is 10.5. The van der Waals surface area contributed by atoms with Crippen LogP contribution in [-0.4, -0.2) is 42.8 Å². The average molecular weight is 401 g/mol. The first-order valence-electron chi connectivity index (χ1n) is 9.56. The van der Waals surface area contributed by atoms with Crippen LogP contribution in [0.4, 0.5) is 5.69 Å². The number of carbonyl (C=O) groups is 1. The lowest BCUT2D eigenvalue weighted by atomic mass is 10.2. The number of amides is 1. The highest BCUT2D eigenvalue weighted by molar-refractivity contribution is 7.89. The van der Waals surface area contributed by atoms with Crippen molar-refractivity contribution in [2.75, 3.05) is 24.5 Å². The van der Waals surface area contributed by atoms with Crippen LogP contribution in [-0.2, 0) is 21.4 Å². The molecule has 1 amide bonds. The second kappa shape index (κ2) is 7.52. The van der Waals surface area contributed by atoms with Crippen molar-refractivity contribution in [2.24, 2.45) is 0 Å². The molecule has 2 saturated heterocycles. The molecule has 0 atom stereocenters. The zero-order valence-corrected chi connectivity index (χ0v) is 16.4. The number of pyridine rings is 1. The maximum atomic E-state index is 12.8. The molecule has 0 unspecified atom stereocenters. The molecule has 4 rings (SSSR count). The third-order valence-electron chi connectivity index (χ3n) is 5.34. The van der Waals surface area contributed by atoms with E-state index in [1.807, 2.05) is 24.3 Å². The van der Waals surface area contributed by atoms with Crippen LogP contribution < -0.4 is 10.5 Å². The van der Waals surface area contributed by atoms with E-state index in [2.05, 4.69) is 0 Å². The predicted molar refractivity (Wildman–Crippen MR) is 106 cm³/mol. The van der Waals surface area contributed by atoms with Crippen molar-refractivity contribution < 1.29 is 13.2 Å². The zero-order valence-electron chi connectivity index (χ0n) is 15.6. The van der Waals surface area contributed by atoms with Gasteiger partial charge in [0.2, 0.25) is 15.9 Å². The lowest BCUT2D eigenvalue weighted by molar-refractivity contribution is -0.117. The number of hydrogen-bond donors (Lipinski definition) is 0. The fourth-order valence-electron chi connectivity index (χ4n) is 3.80. The second-order valence-corrected chi connectivity index (χ2v) is 9.14. The van der Waals surface area contributed by atoms with Gasteiger partial charge in [-0.15, -0.1) is 0 Å². The fourth-order valence-corrected chi connectivity index (χ4v) is 5.41. The van der Waals surface area contributed by atoms with Crippen molar-refractivity contribution in [1.82, 2.24) is 8.87 Å². The largest absolute Gasteiger partial charge is 0.312 e. The molecule has 7 nitrogen and oxygen atoms in total. The molecule has 28 heavy (non-hydrogen) atoms. The monoisotopic (exact) mass is 401 g/mol. The molecular formula is C20H23N3O4S. The molecule has 8 heteroatoms. The van der Waals surface area contributed by atoms with Crippen LogP contribution in [0.1, 0.15) is 31.2 Å². The lowest BCUT2D eigenvalue weighted by Gasteiger charge is -2.17. The minimum Gasteiger partial charge on any atom is -0.312 e. The van der Waals surface area contributed by atoms with Gasteiger partial charge < -0.3 is 9.47 Å². The van der Waals surface area contributed by atoms with Crippen molar-refractivity contribution >= 4 is 21.6 Å². The van der Waals surface area contributed by atoms with E-state index in [1.165, 1.54) is 14.9 Å². The predicted octanol–water partition coefficient (Wildman–Crippen LogP) is 1.81. The van der Waals surface area contributed by atoms with Crippen LogP contribution in [0.5, 0.6) is 0 Å². The van der Waals surface area contributed by atoms with Gasteiger partial charge >= 0.3 is 0 Å². The quantitative estimate of drug-likeness (QED) is 0.765. The first-order chi connectivity index (χ1) is 13.5. The van der Waals surface area contributed by atoms with Crippen LogP contribution in [0, 0.1) is 0 Å². The normalized spacial score (nSPS) is 18.1. The smallest absolute Gasteiger partial charge is 0.271 e. The highest BCUT2D eigenvalue weighted by Crippen LogP contribution is 2.22. The zero-order chi connectivity index (χ0) is 19.7. The minimum atomic E-state index is -3.75. The Hall–Kier alpha value is -2.45. The van der Waals surface area contributed by atoms with E-state index in [4.69, 9.17) is 0 Å². The van der Waals surface area contributed by atoms with Gasteiger partial charge in [0, 0.05) is 37.9 Å². The van der Waals surface area contributed by atoms with Gasteiger partial charge in [0.1, 0.15) is 4.90 Å². The summed E-state index contributed by atoms with van der Waals surface area (Å²) in [5, 5.41) is 0. The van der Waals surface area contributed by atoms with Crippen molar-refractivity contribution in [3.8, 4) is 0 Å². The summed E-state index contributed by atoms with van der Waals surface area (Å²) in [4.78, 5) is 26.2. The van der Waals surface area contributed by atoms with Crippen molar-refractivity contribution in [1.29, 1.82) is 0 Å². The van der Waals surface area contributed by atoms with Crippen LogP contribution in [0.15, 0.2) is 52.3 Å². The number of rotatable bonds is 5. The van der Waals surface area contributed by atoms with Crippen LogP contribution in [0.2, 0.25) is 0 Å². The molecule has 0 bridgehead atoms. The van der Waals surface area contributed by atoms with Gasteiger partial charge in [-0.25, -0.2) is 8.42 Å². The van der Waals surface area contributed by atoms with Gasteiger partial charge in [0.25, 0.3) is 5.56 Å². The highest BCUT2D eigenvalue weighted by Gasteiger charge is 2.29. The Morgan fingerprint density at radius 2 is 1.61 bits per heavy atom. The van der Waals surface area contributed by atoms with E-state index < -0.39 is 15.6 Å². The van der Waals surface area contributed by atoms with Gasteiger partial charge in [0.05, 0.1) is 6.54 Å². The fraction of sp³-hybridized carbons (Fsp3) is 0.400. The lowest BCUT2D eigenvalue weighted by Crippen LogP contribution is -2.34. The first kappa shape index (κ1) is 18.9. The molecule has 0 aliphatic carbocycles. The SMILES string of the molecule is O=C1CCCN1c1ccc(Cn2cccc(S(=O)(=O)N3CCCC3)c2=O)cc1. The maximum absolute atomic E-state index is 12.8. The van der Waals surface area contributed by atoms with Crippen LogP contribution in [0.3, 0.4) is 0 Å². The van der Waals surface area contributed by atoms with Gasteiger partial charge in [-0.05, 0) is 49.1 Å². The summed E-state index contributed by atoms with van der Waals surface area (Å²) in [7, 11) is -3.75. The summed E-state index contributed by atoms with van der Waals surface area (Å²) >= 11 is 0.